The van der Waals surface area contributed by atoms with E-state index in [1.54, 1.807) is 13.0 Å². The molecular weight excluding hydrogens is 218 g/mol. The first-order valence-electron chi connectivity index (χ1n) is 4.69. The van der Waals surface area contributed by atoms with Crippen molar-refractivity contribution >= 4 is 5.69 Å². The van der Waals surface area contributed by atoms with Crippen LogP contribution < -0.4 is 5.73 Å². The summed E-state index contributed by atoms with van der Waals surface area (Å²) in [6, 6.07) is 3.01. The maximum absolute atomic E-state index is 12.3. The highest BCUT2D eigenvalue weighted by molar-refractivity contribution is 5.43. The number of halogens is 2. The lowest BCUT2D eigenvalue weighted by Crippen LogP contribution is -2.31. The Morgan fingerprint density at radius 3 is 2.62 bits per heavy atom. The molecule has 1 unspecified atom stereocenters. The van der Waals surface area contributed by atoms with Crippen LogP contribution in [0.25, 0.3) is 0 Å². The third-order valence-electron chi connectivity index (χ3n) is 2.21. The van der Waals surface area contributed by atoms with Crippen molar-refractivity contribution < 1.29 is 13.7 Å². The van der Waals surface area contributed by atoms with Crippen molar-refractivity contribution in [3.63, 3.8) is 0 Å². The molecule has 2 N–H and O–H groups in total. The van der Waals surface area contributed by atoms with Crippen molar-refractivity contribution in [3.05, 3.63) is 39.4 Å². The normalized spacial score (nSPS) is 12.8. The lowest BCUT2D eigenvalue weighted by Gasteiger charge is -2.10. The minimum Gasteiger partial charge on any atom is -0.323 e. The predicted octanol–water partition coefficient (Wildman–Crippen LogP) is 2.04. The fourth-order valence-electron chi connectivity index (χ4n) is 1.40. The number of alkyl halides is 2. The molecule has 6 heteroatoms. The van der Waals surface area contributed by atoms with E-state index in [1.807, 2.05) is 0 Å². The second kappa shape index (κ2) is 4.98. The lowest BCUT2D eigenvalue weighted by molar-refractivity contribution is -0.385. The van der Waals surface area contributed by atoms with Crippen LogP contribution in [0.3, 0.4) is 0 Å². The van der Waals surface area contributed by atoms with Gasteiger partial charge in [0.2, 0.25) is 0 Å². The first-order valence-corrected chi connectivity index (χ1v) is 4.69. The zero-order chi connectivity index (χ0) is 12.3. The molecule has 0 aliphatic carbocycles. The van der Waals surface area contributed by atoms with Crippen molar-refractivity contribution in [1.29, 1.82) is 0 Å². The van der Waals surface area contributed by atoms with E-state index in [9.17, 15) is 18.9 Å². The van der Waals surface area contributed by atoms with Crippen LogP contribution >= 0.6 is 0 Å². The number of benzene rings is 1. The zero-order valence-electron chi connectivity index (χ0n) is 8.69. The van der Waals surface area contributed by atoms with Crippen LogP contribution in [0.1, 0.15) is 11.1 Å². The maximum atomic E-state index is 12.3. The fourth-order valence-corrected chi connectivity index (χ4v) is 1.40. The number of hydrogen-bond acceptors (Lipinski definition) is 3. The van der Waals surface area contributed by atoms with Crippen molar-refractivity contribution in [3.8, 4) is 0 Å². The quantitative estimate of drug-likeness (QED) is 0.635. The van der Waals surface area contributed by atoms with E-state index in [-0.39, 0.29) is 17.7 Å². The van der Waals surface area contributed by atoms with Gasteiger partial charge in [0.05, 0.1) is 11.0 Å². The van der Waals surface area contributed by atoms with E-state index >= 15 is 0 Å². The molecule has 0 aliphatic rings. The third-order valence-corrected chi connectivity index (χ3v) is 2.21. The maximum Gasteiger partial charge on any atom is 0.272 e. The minimum absolute atomic E-state index is 0.165. The number of nitrogens with zero attached hydrogens (tertiary/aromatic N) is 1. The minimum atomic E-state index is -2.68. The van der Waals surface area contributed by atoms with Crippen molar-refractivity contribution in [2.75, 3.05) is 0 Å². The second-order valence-corrected chi connectivity index (χ2v) is 3.59. The van der Waals surface area contributed by atoms with Gasteiger partial charge in [0.25, 0.3) is 12.1 Å². The monoisotopic (exact) mass is 230 g/mol. The van der Waals surface area contributed by atoms with Gasteiger partial charge in [0.15, 0.2) is 0 Å². The summed E-state index contributed by atoms with van der Waals surface area (Å²) in [5.41, 5.74) is 6.06. The van der Waals surface area contributed by atoms with Gasteiger partial charge in [-0.3, -0.25) is 10.1 Å². The number of rotatable bonds is 4. The largest absolute Gasteiger partial charge is 0.323 e. The van der Waals surface area contributed by atoms with E-state index in [4.69, 9.17) is 5.73 Å². The molecule has 0 saturated heterocycles. The van der Waals surface area contributed by atoms with Crippen LogP contribution in [0.5, 0.6) is 0 Å². The molecule has 1 aromatic rings. The highest BCUT2D eigenvalue weighted by atomic mass is 19.3. The van der Waals surface area contributed by atoms with E-state index in [2.05, 4.69) is 0 Å². The fraction of sp³-hybridized carbons (Fsp3) is 0.400. The van der Waals surface area contributed by atoms with E-state index in [1.165, 1.54) is 12.1 Å². The van der Waals surface area contributed by atoms with E-state index in [0.29, 0.717) is 0 Å². The van der Waals surface area contributed by atoms with Crippen molar-refractivity contribution in [2.45, 2.75) is 25.8 Å². The number of hydrogen-bond donors (Lipinski definition) is 1. The molecule has 0 aliphatic heterocycles. The van der Waals surface area contributed by atoms with Gasteiger partial charge in [-0.1, -0.05) is 11.6 Å². The molecule has 0 fully saturated rings. The van der Waals surface area contributed by atoms with Gasteiger partial charge in [0.1, 0.15) is 0 Å². The number of nitrogens with two attached hydrogens (primary N) is 1. The molecule has 0 radical (unpaired) electrons. The molecule has 88 valence electrons. The number of aryl methyl sites for hydroxylation is 1. The van der Waals surface area contributed by atoms with Gasteiger partial charge in [-0.2, -0.15) is 0 Å². The SMILES string of the molecule is Cc1ccc([N+](=O)[O-])c(CC(N)C(F)F)c1. The Morgan fingerprint density at radius 1 is 1.50 bits per heavy atom. The molecule has 0 aromatic heterocycles. The average Bonchev–Trinajstić information content (AvgIpc) is 2.16. The Bertz CT molecular complexity index is 396. The average molecular weight is 230 g/mol. The Kier molecular flexibility index (Phi) is 3.89. The third kappa shape index (κ3) is 2.96. The second-order valence-electron chi connectivity index (χ2n) is 3.59. The molecule has 1 aromatic carbocycles. The molecule has 0 bridgehead atoms. The molecule has 0 amide bonds. The summed E-state index contributed by atoms with van der Waals surface area (Å²) >= 11 is 0. The van der Waals surface area contributed by atoms with Gasteiger partial charge < -0.3 is 5.73 Å². The summed E-state index contributed by atoms with van der Waals surface area (Å²) in [7, 11) is 0. The van der Waals surface area contributed by atoms with E-state index in [0.717, 1.165) is 5.56 Å². The molecule has 1 rings (SSSR count). The summed E-state index contributed by atoms with van der Waals surface area (Å²) in [6.45, 7) is 1.74. The Morgan fingerprint density at radius 2 is 2.12 bits per heavy atom. The topological polar surface area (TPSA) is 69.2 Å². The van der Waals surface area contributed by atoms with E-state index < -0.39 is 17.4 Å². The standard InChI is InChI=1S/C10H12F2N2O2/c1-6-2-3-9(14(15)16)7(4-6)5-8(13)10(11)12/h2-4,8,10H,5,13H2,1H3. The summed E-state index contributed by atoms with van der Waals surface area (Å²) in [5.74, 6) is 0. The Hall–Kier alpha value is -1.56. The highest BCUT2D eigenvalue weighted by Crippen LogP contribution is 2.22. The number of nitro benzene ring substituents is 1. The molecule has 0 heterocycles. The highest BCUT2D eigenvalue weighted by Gasteiger charge is 2.21. The molecule has 16 heavy (non-hydrogen) atoms. The summed E-state index contributed by atoms with van der Waals surface area (Å²) in [6.07, 6.45) is -2.88. The van der Waals surface area contributed by atoms with Crippen LogP contribution in [-0.4, -0.2) is 17.4 Å². The van der Waals surface area contributed by atoms with Gasteiger partial charge in [-0.25, -0.2) is 8.78 Å². The Labute approximate surface area is 91.2 Å². The van der Waals surface area contributed by atoms with Gasteiger partial charge >= 0.3 is 0 Å². The molecular formula is C10H12F2N2O2. The van der Waals surface area contributed by atoms with Crippen molar-refractivity contribution in [2.24, 2.45) is 5.73 Å². The van der Waals surface area contributed by atoms with Crippen LogP contribution in [-0.2, 0) is 6.42 Å². The van der Waals surface area contributed by atoms with Gasteiger partial charge in [0, 0.05) is 11.6 Å². The van der Waals surface area contributed by atoms with Crippen LogP contribution in [0, 0.1) is 17.0 Å². The zero-order valence-corrected chi connectivity index (χ0v) is 8.69. The van der Waals surface area contributed by atoms with Crippen LogP contribution in [0.2, 0.25) is 0 Å². The van der Waals surface area contributed by atoms with Gasteiger partial charge in [-0.15, -0.1) is 0 Å². The molecule has 1 atom stereocenters. The molecule has 0 spiro atoms. The first-order chi connectivity index (χ1) is 7.41. The van der Waals surface area contributed by atoms with Crippen LogP contribution in [0.15, 0.2) is 18.2 Å². The first kappa shape index (κ1) is 12.5. The molecule has 4 nitrogen and oxygen atoms in total. The van der Waals surface area contributed by atoms with Crippen LogP contribution in [0.4, 0.5) is 14.5 Å². The Balaban J connectivity index is 3.01. The lowest BCUT2D eigenvalue weighted by atomic mass is 10.0. The summed E-state index contributed by atoms with van der Waals surface area (Å²) < 4.78 is 24.5. The van der Waals surface area contributed by atoms with Crippen molar-refractivity contribution in [1.82, 2.24) is 0 Å². The summed E-state index contributed by atoms with van der Waals surface area (Å²) in [5, 5.41) is 10.7. The smallest absolute Gasteiger partial charge is 0.272 e. The number of nitro groups is 1. The van der Waals surface area contributed by atoms with Gasteiger partial charge in [-0.05, 0) is 19.4 Å². The molecule has 0 saturated carbocycles. The summed E-state index contributed by atoms with van der Waals surface area (Å²) in [4.78, 5) is 10.1. The predicted molar refractivity (Wildman–Crippen MR) is 55.5 cm³/mol.